The van der Waals surface area contributed by atoms with E-state index in [9.17, 15) is 14.9 Å². The van der Waals surface area contributed by atoms with Crippen molar-refractivity contribution in [2.24, 2.45) is 0 Å². The maximum atomic E-state index is 12.5. The van der Waals surface area contributed by atoms with Crippen LogP contribution in [-0.4, -0.2) is 22.7 Å². The number of likely N-dealkylation sites (N-methyl/N-ethyl adjacent to an activating group) is 1. The minimum Gasteiger partial charge on any atom is -0.382 e. The number of ketones is 1. The molecule has 1 aliphatic rings. The number of benzene rings is 1. The Labute approximate surface area is 122 Å². The van der Waals surface area contributed by atoms with Crippen molar-refractivity contribution in [3.63, 3.8) is 0 Å². The Hall–Kier alpha value is -1.82. The fourth-order valence-corrected chi connectivity index (χ4v) is 3.14. The Morgan fingerprint density at radius 2 is 2.20 bits per heavy atom. The Bertz CT molecular complexity index is 563. The van der Waals surface area contributed by atoms with Gasteiger partial charge in [-0.1, -0.05) is 30.8 Å². The van der Waals surface area contributed by atoms with Gasteiger partial charge in [-0.3, -0.25) is 14.9 Å². The van der Waals surface area contributed by atoms with Crippen LogP contribution in [0.5, 0.6) is 0 Å². The molecule has 1 N–H and O–H groups in total. The summed E-state index contributed by atoms with van der Waals surface area (Å²) in [6.45, 7) is 0. The van der Waals surface area contributed by atoms with Gasteiger partial charge in [0.1, 0.15) is 11.2 Å². The fourth-order valence-electron chi connectivity index (χ4n) is 2.80. The fraction of sp³-hybridized carbons (Fsp3) is 0.429. The van der Waals surface area contributed by atoms with Crippen molar-refractivity contribution in [3.05, 3.63) is 39.9 Å². The predicted molar refractivity (Wildman–Crippen MR) is 79.9 cm³/mol. The molecule has 0 radical (unpaired) electrons. The van der Waals surface area contributed by atoms with Crippen LogP contribution in [0.1, 0.15) is 31.2 Å². The maximum Gasteiger partial charge on any atom is 0.269 e. The van der Waals surface area contributed by atoms with Crippen molar-refractivity contribution in [3.8, 4) is 0 Å². The lowest BCUT2D eigenvalue weighted by Gasteiger charge is -2.36. The molecule has 2 rings (SSSR count). The Morgan fingerprint density at radius 1 is 1.45 bits per heavy atom. The van der Waals surface area contributed by atoms with E-state index in [4.69, 9.17) is 12.2 Å². The second-order valence-corrected chi connectivity index (χ2v) is 5.33. The first-order chi connectivity index (χ1) is 9.52. The van der Waals surface area contributed by atoms with Gasteiger partial charge in [0.15, 0.2) is 0 Å². The molecule has 1 atom stereocenters. The number of nitrogens with zero attached hydrogens (tertiary/aromatic N) is 1. The average Bonchev–Trinajstić information content (AvgIpc) is 2.47. The topological polar surface area (TPSA) is 72.2 Å². The summed E-state index contributed by atoms with van der Waals surface area (Å²) < 4.78 is 0. The first kappa shape index (κ1) is 14.6. The van der Waals surface area contributed by atoms with E-state index in [1.165, 1.54) is 12.1 Å². The van der Waals surface area contributed by atoms with Crippen molar-refractivity contribution in [1.82, 2.24) is 5.32 Å². The lowest BCUT2D eigenvalue weighted by molar-refractivity contribution is -0.384. The summed E-state index contributed by atoms with van der Waals surface area (Å²) in [5.74, 6) is 0.0450. The van der Waals surface area contributed by atoms with Gasteiger partial charge in [-0.05, 0) is 18.4 Å². The third kappa shape index (κ3) is 2.31. The number of hydrogen-bond acceptors (Lipinski definition) is 4. The van der Waals surface area contributed by atoms with Crippen molar-refractivity contribution >= 4 is 28.7 Å². The molecule has 20 heavy (non-hydrogen) atoms. The summed E-state index contributed by atoms with van der Waals surface area (Å²) in [4.78, 5) is 23.4. The van der Waals surface area contributed by atoms with Crippen LogP contribution < -0.4 is 5.32 Å². The smallest absolute Gasteiger partial charge is 0.269 e. The minimum atomic E-state index is -0.908. The molecule has 1 aliphatic carbocycles. The van der Waals surface area contributed by atoms with E-state index in [-0.39, 0.29) is 11.5 Å². The molecule has 0 spiro atoms. The van der Waals surface area contributed by atoms with Gasteiger partial charge >= 0.3 is 0 Å². The van der Waals surface area contributed by atoms with E-state index in [0.29, 0.717) is 23.4 Å². The molecule has 5 nitrogen and oxygen atoms in total. The monoisotopic (exact) mass is 292 g/mol. The lowest BCUT2D eigenvalue weighted by atomic mass is 9.68. The number of rotatable bonds is 3. The third-order valence-electron chi connectivity index (χ3n) is 3.85. The summed E-state index contributed by atoms with van der Waals surface area (Å²) in [7, 11) is 1.68. The molecule has 1 unspecified atom stereocenters. The number of carbonyl (C=O) groups excluding carboxylic acids is 1. The van der Waals surface area contributed by atoms with E-state index >= 15 is 0 Å². The van der Waals surface area contributed by atoms with Gasteiger partial charge in [0.2, 0.25) is 0 Å². The number of nitro benzene ring substituents is 1. The molecule has 0 aliphatic heterocycles. The second kappa shape index (κ2) is 5.66. The zero-order valence-corrected chi connectivity index (χ0v) is 12.0. The summed E-state index contributed by atoms with van der Waals surface area (Å²) >= 11 is 5.35. The van der Waals surface area contributed by atoms with E-state index in [1.807, 2.05) is 0 Å². The van der Waals surface area contributed by atoms with Crippen molar-refractivity contribution in [2.45, 2.75) is 31.1 Å². The standard InChI is InChI=1S/C14H16N2O3S/c1-15-13(20)14(8-3-2-7-12(14)17)10-5-4-6-11(9-10)16(18)19/h4-6,9H,2-3,7-8H2,1H3,(H,15,20). The zero-order chi connectivity index (χ0) is 14.8. The van der Waals surface area contributed by atoms with Gasteiger partial charge in [0.05, 0.1) is 9.91 Å². The van der Waals surface area contributed by atoms with Gasteiger partial charge in [-0.2, -0.15) is 0 Å². The number of hydrogen-bond donors (Lipinski definition) is 1. The lowest BCUT2D eigenvalue weighted by Crippen LogP contribution is -2.49. The second-order valence-electron chi connectivity index (χ2n) is 4.92. The summed E-state index contributed by atoms with van der Waals surface area (Å²) in [5, 5.41) is 13.8. The van der Waals surface area contributed by atoms with Crippen molar-refractivity contribution in [1.29, 1.82) is 0 Å². The van der Waals surface area contributed by atoms with Crippen LogP contribution in [0.4, 0.5) is 5.69 Å². The zero-order valence-electron chi connectivity index (χ0n) is 11.2. The van der Waals surface area contributed by atoms with E-state index < -0.39 is 10.3 Å². The Kier molecular flexibility index (Phi) is 4.13. The van der Waals surface area contributed by atoms with Gasteiger partial charge in [0.25, 0.3) is 5.69 Å². The summed E-state index contributed by atoms with van der Waals surface area (Å²) in [5.41, 5.74) is -0.302. The highest BCUT2D eigenvalue weighted by Gasteiger charge is 2.45. The molecule has 0 amide bonds. The maximum absolute atomic E-state index is 12.5. The highest BCUT2D eigenvalue weighted by Crippen LogP contribution is 2.38. The first-order valence-corrected chi connectivity index (χ1v) is 6.93. The van der Waals surface area contributed by atoms with Crippen LogP contribution in [-0.2, 0) is 10.2 Å². The summed E-state index contributed by atoms with van der Waals surface area (Å²) in [6, 6.07) is 6.25. The van der Waals surface area contributed by atoms with Gasteiger partial charge in [-0.15, -0.1) is 0 Å². The number of carbonyl (C=O) groups is 1. The average molecular weight is 292 g/mol. The van der Waals surface area contributed by atoms with Crippen molar-refractivity contribution in [2.75, 3.05) is 7.05 Å². The number of nitrogens with one attached hydrogen (secondary N) is 1. The molecule has 1 fully saturated rings. The Morgan fingerprint density at radius 3 is 2.80 bits per heavy atom. The minimum absolute atomic E-state index is 0.0147. The predicted octanol–water partition coefficient (Wildman–Crippen LogP) is 2.52. The van der Waals surface area contributed by atoms with E-state index in [2.05, 4.69) is 5.32 Å². The largest absolute Gasteiger partial charge is 0.382 e. The molecule has 1 saturated carbocycles. The van der Waals surface area contributed by atoms with Crippen LogP contribution in [0, 0.1) is 10.1 Å². The number of thiocarbonyl (C=S) groups is 1. The first-order valence-electron chi connectivity index (χ1n) is 6.53. The van der Waals surface area contributed by atoms with Crippen LogP contribution in [0.3, 0.4) is 0 Å². The van der Waals surface area contributed by atoms with E-state index in [1.54, 1.807) is 19.2 Å². The van der Waals surface area contributed by atoms with Crippen LogP contribution >= 0.6 is 12.2 Å². The van der Waals surface area contributed by atoms with Crippen LogP contribution in [0.25, 0.3) is 0 Å². The molecule has 106 valence electrons. The molecular formula is C14H16N2O3S. The Balaban J connectivity index is 2.57. The number of nitro groups is 1. The molecule has 1 aromatic rings. The van der Waals surface area contributed by atoms with Crippen LogP contribution in [0.15, 0.2) is 24.3 Å². The molecule has 0 aromatic heterocycles. The van der Waals surface area contributed by atoms with Crippen molar-refractivity contribution < 1.29 is 9.72 Å². The highest BCUT2D eigenvalue weighted by atomic mass is 32.1. The molecule has 1 aromatic carbocycles. The van der Waals surface area contributed by atoms with Crippen LogP contribution in [0.2, 0.25) is 0 Å². The SMILES string of the molecule is CNC(=S)C1(c2cccc([N+](=O)[O-])c2)CCCCC1=O. The third-order valence-corrected chi connectivity index (χ3v) is 4.40. The molecular weight excluding hydrogens is 276 g/mol. The van der Waals surface area contributed by atoms with Gasteiger partial charge in [-0.25, -0.2) is 0 Å². The molecule has 0 saturated heterocycles. The number of non-ortho nitro benzene ring substituents is 1. The van der Waals surface area contributed by atoms with Gasteiger partial charge in [0, 0.05) is 25.6 Å². The van der Waals surface area contributed by atoms with E-state index in [0.717, 1.165) is 12.8 Å². The number of Topliss-reactive ketones (excluding diaryl/α,β-unsaturated/α-hetero) is 1. The molecule has 0 heterocycles. The summed E-state index contributed by atoms with van der Waals surface area (Å²) in [6.07, 6.45) is 2.80. The molecule has 6 heteroatoms. The normalized spacial score (nSPS) is 22.4. The van der Waals surface area contributed by atoms with Gasteiger partial charge < -0.3 is 5.32 Å². The highest BCUT2D eigenvalue weighted by molar-refractivity contribution is 7.80. The quantitative estimate of drug-likeness (QED) is 0.526. The molecule has 0 bridgehead atoms.